The van der Waals surface area contributed by atoms with Gasteiger partial charge in [-0.05, 0) is 31.0 Å². The normalized spacial score (nSPS) is 11.7. The number of imide groups is 1. The summed E-state index contributed by atoms with van der Waals surface area (Å²) in [7, 11) is 0. The number of hydrogen-bond donors (Lipinski definition) is 3. The molecule has 1 unspecified atom stereocenters. The number of ether oxygens (including phenoxy) is 1. The lowest BCUT2D eigenvalue weighted by Crippen LogP contribution is -2.46. The van der Waals surface area contributed by atoms with E-state index in [1.807, 2.05) is 13.8 Å². The van der Waals surface area contributed by atoms with E-state index < -0.39 is 23.9 Å². The molecule has 23 heavy (non-hydrogen) atoms. The lowest BCUT2D eigenvalue weighted by atomic mass is 10.2. The summed E-state index contributed by atoms with van der Waals surface area (Å²) in [6, 6.07) is 3.68. The molecular formula is C15H20ClN3O4. The van der Waals surface area contributed by atoms with E-state index in [1.54, 1.807) is 0 Å². The van der Waals surface area contributed by atoms with Crippen molar-refractivity contribution in [3.8, 4) is 5.75 Å². The summed E-state index contributed by atoms with van der Waals surface area (Å²) in [5.41, 5.74) is 5.30. The number of hydrogen-bond acceptors (Lipinski definition) is 4. The summed E-state index contributed by atoms with van der Waals surface area (Å²) in [6.45, 7) is 5.75. The van der Waals surface area contributed by atoms with E-state index in [4.69, 9.17) is 22.1 Å². The van der Waals surface area contributed by atoms with Crippen molar-refractivity contribution < 1.29 is 19.1 Å². The van der Waals surface area contributed by atoms with Crippen molar-refractivity contribution in [3.63, 3.8) is 0 Å². The Hall–Kier alpha value is -2.28. The molecule has 0 aliphatic rings. The maximum absolute atomic E-state index is 11.9. The van der Waals surface area contributed by atoms with Crippen LogP contribution in [0.5, 0.6) is 5.75 Å². The minimum absolute atomic E-state index is 0.0569. The average molecular weight is 342 g/mol. The zero-order chi connectivity index (χ0) is 17.6. The van der Waals surface area contributed by atoms with Crippen LogP contribution >= 0.6 is 11.6 Å². The van der Waals surface area contributed by atoms with Gasteiger partial charge in [0.25, 0.3) is 11.8 Å². The highest BCUT2D eigenvalue weighted by molar-refractivity contribution is 6.31. The maximum atomic E-state index is 11.9. The van der Waals surface area contributed by atoms with Crippen LogP contribution in [0.3, 0.4) is 0 Å². The van der Waals surface area contributed by atoms with Crippen molar-refractivity contribution in [3.05, 3.63) is 28.8 Å². The number of rotatable bonds is 6. The standard InChI is InChI=1S/C15H20ClN3O4/c1-8(2)7-18-15(22)19-14(21)9(3)23-12-5-4-10(16)6-11(12)13(17)20/h4-6,8-9H,7H2,1-3H3,(H2,17,20)(H2,18,19,21,22). The Labute approximate surface area is 139 Å². The first kappa shape index (κ1) is 18.8. The molecule has 0 aliphatic carbocycles. The number of carbonyl (C=O) groups is 3. The van der Waals surface area contributed by atoms with Crippen molar-refractivity contribution in [1.82, 2.24) is 10.6 Å². The summed E-state index contributed by atoms with van der Waals surface area (Å²) in [4.78, 5) is 34.8. The van der Waals surface area contributed by atoms with Gasteiger partial charge in [0, 0.05) is 11.6 Å². The number of amides is 4. The van der Waals surface area contributed by atoms with E-state index in [1.165, 1.54) is 25.1 Å². The van der Waals surface area contributed by atoms with Crippen LogP contribution in [0.1, 0.15) is 31.1 Å². The summed E-state index contributed by atoms with van der Waals surface area (Å²) in [6.07, 6.45) is -1.00. The van der Waals surface area contributed by atoms with E-state index >= 15 is 0 Å². The van der Waals surface area contributed by atoms with E-state index in [0.717, 1.165) is 0 Å². The van der Waals surface area contributed by atoms with Crippen molar-refractivity contribution in [2.24, 2.45) is 11.7 Å². The third kappa shape index (κ3) is 6.15. The van der Waals surface area contributed by atoms with Gasteiger partial charge in [0.2, 0.25) is 0 Å². The Morgan fingerprint density at radius 1 is 1.26 bits per heavy atom. The summed E-state index contributed by atoms with van der Waals surface area (Å²) in [5, 5.41) is 5.03. The number of primary amides is 1. The van der Waals surface area contributed by atoms with Crippen molar-refractivity contribution in [2.75, 3.05) is 6.54 Å². The summed E-state index contributed by atoms with van der Waals surface area (Å²) < 4.78 is 5.40. The highest BCUT2D eigenvalue weighted by Crippen LogP contribution is 2.23. The third-order valence-corrected chi connectivity index (χ3v) is 3.02. The van der Waals surface area contributed by atoms with Gasteiger partial charge in [-0.3, -0.25) is 14.9 Å². The lowest BCUT2D eigenvalue weighted by molar-refractivity contribution is -0.126. The Balaban J connectivity index is 2.69. The second-order valence-electron chi connectivity index (χ2n) is 5.36. The zero-order valence-corrected chi connectivity index (χ0v) is 13.9. The van der Waals surface area contributed by atoms with Crippen LogP contribution in [-0.2, 0) is 4.79 Å². The predicted molar refractivity (Wildman–Crippen MR) is 86.4 cm³/mol. The Morgan fingerprint density at radius 3 is 2.48 bits per heavy atom. The minimum atomic E-state index is -1.00. The average Bonchev–Trinajstić information content (AvgIpc) is 2.46. The lowest BCUT2D eigenvalue weighted by Gasteiger charge is -2.16. The predicted octanol–water partition coefficient (Wildman–Crippen LogP) is 1.69. The van der Waals surface area contributed by atoms with Gasteiger partial charge < -0.3 is 15.8 Å². The fourth-order valence-electron chi connectivity index (χ4n) is 1.60. The molecule has 1 aromatic carbocycles. The quantitative estimate of drug-likeness (QED) is 0.731. The molecule has 0 saturated carbocycles. The highest BCUT2D eigenvalue weighted by Gasteiger charge is 2.20. The van der Waals surface area contributed by atoms with Crippen LogP contribution in [0.4, 0.5) is 4.79 Å². The molecule has 4 N–H and O–H groups in total. The third-order valence-electron chi connectivity index (χ3n) is 2.79. The van der Waals surface area contributed by atoms with Crippen molar-refractivity contribution in [1.29, 1.82) is 0 Å². The number of nitrogens with two attached hydrogens (primary N) is 1. The number of benzene rings is 1. The number of urea groups is 1. The molecule has 7 nitrogen and oxygen atoms in total. The second kappa shape index (κ2) is 8.38. The first-order valence-electron chi connectivity index (χ1n) is 7.05. The number of carbonyl (C=O) groups excluding carboxylic acids is 3. The molecule has 0 spiro atoms. The molecule has 126 valence electrons. The molecule has 0 fully saturated rings. The molecule has 0 bridgehead atoms. The second-order valence-corrected chi connectivity index (χ2v) is 5.79. The Morgan fingerprint density at radius 2 is 1.91 bits per heavy atom. The first-order valence-corrected chi connectivity index (χ1v) is 7.43. The summed E-state index contributed by atoms with van der Waals surface area (Å²) in [5.74, 6) is -0.995. The van der Waals surface area contributed by atoms with E-state index in [-0.39, 0.29) is 17.2 Å². The zero-order valence-electron chi connectivity index (χ0n) is 13.2. The largest absolute Gasteiger partial charge is 0.480 e. The molecule has 0 aromatic heterocycles. The fraction of sp³-hybridized carbons (Fsp3) is 0.400. The monoisotopic (exact) mass is 341 g/mol. The first-order chi connectivity index (χ1) is 10.7. The van der Waals surface area contributed by atoms with Crippen molar-refractivity contribution in [2.45, 2.75) is 26.9 Å². The van der Waals surface area contributed by atoms with Gasteiger partial charge in [-0.1, -0.05) is 25.4 Å². The van der Waals surface area contributed by atoms with Crippen LogP contribution in [0.25, 0.3) is 0 Å². The van der Waals surface area contributed by atoms with Crippen LogP contribution in [0.2, 0.25) is 5.02 Å². The van der Waals surface area contributed by atoms with Gasteiger partial charge in [0.1, 0.15) is 5.75 Å². The van der Waals surface area contributed by atoms with Gasteiger partial charge in [0.05, 0.1) is 5.56 Å². The van der Waals surface area contributed by atoms with E-state index in [0.29, 0.717) is 11.6 Å². The smallest absolute Gasteiger partial charge is 0.321 e. The van der Waals surface area contributed by atoms with Gasteiger partial charge >= 0.3 is 6.03 Å². The van der Waals surface area contributed by atoms with Crippen LogP contribution < -0.4 is 21.1 Å². The molecule has 0 saturated heterocycles. The number of nitrogens with one attached hydrogen (secondary N) is 2. The molecule has 1 atom stereocenters. The minimum Gasteiger partial charge on any atom is -0.480 e. The highest BCUT2D eigenvalue weighted by atomic mass is 35.5. The molecule has 0 aliphatic heterocycles. The molecule has 4 amide bonds. The Bertz CT molecular complexity index is 604. The molecular weight excluding hydrogens is 322 g/mol. The number of halogens is 1. The van der Waals surface area contributed by atoms with Crippen LogP contribution in [0, 0.1) is 5.92 Å². The van der Waals surface area contributed by atoms with Crippen molar-refractivity contribution >= 4 is 29.4 Å². The van der Waals surface area contributed by atoms with Crippen LogP contribution in [-0.4, -0.2) is 30.5 Å². The SMILES string of the molecule is CC(C)CNC(=O)NC(=O)C(C)Oc1ccc(Cl)cc1C(N)=O. The van der Waals surface area contributed by atoms with E-state index in [9.17, 15) is 14.4 Å². The van der Waals surface area contributed by atoms with E-state index in [2.05, 4.69) is 10.6 Å². The van der Waals surface area contributed by atoms with Gasteiger partial charge in [0.15, 0.2) is 6.10 Å². The van der Waals surface area contributed by atoms with Gasteiger partial charge in [-0.2, -0.15) is 0 Å². The summed E-state index contributed by atoms with van der Waals surface area (Å²) >= 11 is 5.79. The fourth-order valence-corrected chi connectivity index (χ4v) is 1.77. The molecule has 1 aromatic rings. The topological polar surface area (TPSA) is 111 Å². The maximum Gasteiger partial charge on any atom is 0.321 e. The molecule has 0 heterocycles. The van der Waals surface area contributed by atoms with Crippen LogP contribution in [0.15, 0.2) is 18.2 Å². The Kier molecular flexibility index (Phi) is 6.84. The molecule has 1 rings (SSSR count). The van der Waals surface area contributed by atoms with Gasteiger partial charge in [-0.15, -0.1) is 0 Å². The molecule has 8 heteroatoms. The van der Waals surface area contributed by atoms with Gasteiger partial charge in [-0.25, -0.2) is 4.79 Å². The molecule has 0 radical (unpaired) electrons.